The van der Waals surface area contributed by atoms with Crippen molar-refractivity contribution in [2.45, 2.75) is 44.2 Å². The van der Waals surface area contributed by atoms with Crippen molar-refractivity contribution in [3.63, 3.8) is 0 Å². The maximum Gasteiger partial charge on any atom is 0.169 e. The molecule has 13 heavy (non-hydrogen) atoms. The highest BCUT2D eigenvalue weighted by atomic mass is 32.1. The molecule has 0 aromatic rings. The molecule has 2 unspecified atom stereocenters. The van der Waals surface area contributed by atoms with Gasteiger partial charge < -0.3 is 10.2 Å². The third-order valence-corrected chi connectivity index (χ3v) is 3.93. The van der Waals surface area contributed by atoms with Gasteiger partial charge in [-0.05, 0) is 50.2 Å². The number of thiocarbonyl (C=S) groups is 1. The van der Waals surface area contributed by atoms with E-state index in [4.69, 9.17) is 12.2 Å². The Morgan fingerprint density at radius 1 is 1.23 bits per heavy atom. The largest absolute Gasteiger partial charge is 0.360 e. The molecule has 0 aromatic heterocycles. The van der Waals surface area contributed by atoms with Crippen molar-refractivity contribution in [2.75, 3.05) is 6.54 Å². The van der Waals surface area contributed by atoms with Gasteiger partial charge in [-0.3, -0.25) is 0 Å². The number of piperidine rings is 1. The molecule has 2 nitrogen and oxygen atoms in total. The third kappa shape index (κ3) is 1.43. The zero-order chi connectivity index (χ0) is 8.84. The predicted octanol–water partition coefficient (Wildman–Crippen LogP) is 1.51. The van der Waals surface area contributed by atoms with Gasteiger partial charge in [0.1, 0.15) is 0 Å². The molecule has 2 atom stereocenters. The number of rotatable bonds is 1. The lowest BCUT2D eigenvalue weighted by Gasteiger charge is -2.29. The summed E-state index contributed by atoms with van der Waals surface area (Å²) in [7, 11) is 0. The average Bonchev–Trinajstić information content (AvgIpc) is 2.71. The molecule has 0 radical (unpaired) electrons. The summed E-state index contributed by atoms with van der Waals surface area (Å²) in [5, 5.41) is 4.47. The smallest absolute Gasteiger partial charge is 0.169 e. The first-order valence-corrected chi connectivity index (χ1v) is 5.81. The first-order valence-electron chi connectivity index (χ1n) is 5.40. The molecule has 0 amide bonds. The van der Waals surface area contributed by atoms with E-state index in [9.17, 15) is 0 Å². The summed E-state index contributed by atoms with van der Waals surface area (Å²) in [6.07, 6.45) is 6.85. The molecule has 3 fully saturated rings. The minimum Gasteiger partial charge on any atom is -0.360 e. The normalized spacial score (nSPS) is 36.8. The van der Waals surface area contributed by atoms with Gasteiger partial charge in [-0.15, -0.1) is 0 Å². The van der Waals surface area contributed by atoms with Crippen LogP contribution in [0.2, 0.25) is 0 Å². The van der Waals surface area contributed by atoms with Crippen LogP contribution in [0.3, 0.4) is 0 Å². The van der Waals surface area contributed by atoms with Gasteiger partial charge >= 0.3 is 0 Å². The maximum atomic E-state index is 5.41. The fourth-order valence-corrected chi connectivity index (χ4v) is 3.05. The topological polar surface area (TPSA) is 15.3 Å². The van der Waals surface area contributed by atoms with Crippen LogP contribution >= 0.6 is 12.2 Å². The molecule has 3 heteroatoms. The zero-order valence-electron chi connectivity index (χ0n) is 7.83. The summed E-state index contributed by atoms with van der Waals surface area (Å²) in [6, 6.07) is 1.50. The van der Waals surface area contributed by atoms with Crippen LogP contribution in [-0.4, -0.2) is 28.6 Å². The van der Waals surface area contributed by atoms with Gasteiger partial charge in [-0.2, -0.15) is 0 Å². The van der Waals surface area contributed by atoms with Crippen LogP contribution in [0.1, 0.15) is 32.1 Å². The van der Waals surface area contributed by atoms with Crippen LogP contribution in [0.25, 0.3) is 0 Å². The third-order valence-electron chi connectivity index (χ3n) is 3.58. The van der Waals surface area contributed by atoms with E-state index in [0.717, 1.165) is 17.1 Å². The Bertz CT molecular complexity index is 237. The van der Waals surface area contributed by atoms with Gasteiger partial charge in [-0.1, -0.05) is 0 Å². The lowest BCUT2D eigenvalue weighted by molar-refractivity contribution is 0.323. The Labute approximate surface area is 84.7 Å². The van der Waals surface area contributed by atoms with E-state index in [2.05, 4.69) is 10.2 Å². The number of nitrogens with zero attached hydrogens (tertiary/aromatic N) is 1. The Hall–Kier alpha value is -0.310. The Balaban J connectivity index is 1.61. The number of nitrogens with one attached hydrogen (secondary N) is 1. The van der Waals surface area contributed by atoms with Gasteiger partial charge in [0, 0.05) is 18.6 Å². The molecule has 1 saturated heterocycles. The Morgan fingerprint density at radius 3 is 2.62 bits per heavy atom. The lowest BCUT2D eigenvalue weighted by Crippen LogP contribution is -2.44. The predicted molar refractivity (Wildman–Crippen MR) is 56.6 cm³/mol. The van der Waals surface area contributed by atoms with Crippen molar-refractivity contribution in [1.29, 1.82) is 0 Å². The summed E-state index contributed by atoms with van der Waals surface area (Å²) >= 11 is 5.41. The highest BCUT2D eigenvalue weighted by Gasteiger charge is 2.39. The second-order valence-corrected chi connectivity index (χ2v) is 5.10. The summed E-state index contributed by atoms with van der Waals surface area (Å²) < 4.78 is 0. The lowest BCUT2D eigenvalue weighted by atomic mass is 10.1. The molecule has 2 aliphatic carbocycles. The second-order valence-electron chi connectivity index (χ2n) is 4.71. The molecule has 2 saturated carbocycles. The molecule has 2 bridgehead atoms. The van der Waals surface area contributed by atoms with Crippen LogP contribution < -0.4 is 5.32 Å². The van der Waals surface area contributed by atoms with Crippen molar-refractivity contribution in [3.05, 3.63) is 0 Å². The van der Waals surface area contributed by atoms with Crippen LogP contribution in [0.4, 0.5) is 0 Å². The minimum absolute atomic E-state index is 0.714. The van der Waals surface area contributed by atoms with Gasteiger partial charge in [0.15, 0.2) is 5.11 Å². The number of fused-ring (bicyclic) bond motifs is 2. The molecule has 72 valence electrons. The van der Waals surface area contributed by atoms with E-state index in [1.807, 2.05) is 0 Å². The Kier molecular flexibility index (Phi) is 1.76. The van der Waals surface area contributed by atoms with Crippen LogP contribution in [0, 0.1) is 5.92 Å². The van der Waals surface area contributed by atoms with E-state index in [0.29, 0.717) is 6.04 Å². The summed E-state index contributed by atoms with van der Waals surface area (Å²) in [5.41, 5.74) is 0. The highest BCUT2D eigenvalue weighted by Crippen LogP contribution is 2.37. The second kappa shape index (κ2) is 2.84. The van der Waals surface area contributed by atoms with Gasteiger partial charge in [0.05, 0.1) is 0 Å². The van der Waals surface area contributed by atoms with Gasteiger partial charge in [-0.25, -0.2) is 0 Å². The number of hydrogen-bond donors (Lipinski definition) is 1. The van der Waals surface area contributed by atoms with Crippen molar-refractivity contribution in [2.24, 2.45) is 5.92 Å². The fourth-order valence-electron chi connectivity index (χ4n) is 2.66. The monoisotopic (exact) mass is 196 g/mol. The van der Waals surface area contributed by atoms with Crippen molar-refractivity contribution < 1.29 is 0 Å². The van der Waals surface area contributed by atoms with E-state index >= 15 is 0 Å². The van der Waals surface area contributed by atoms with Gasteiger partial charge in [0.2, 0.25) is 0 Å². The van der Waals surface area contributed by atoms with Crippen molar-refractivity contribution in [3.8, 4) is 0 Å². The number of likely N-dealkylation sites (tertiary alicyclic amines) is 1. The first kappa shape index (κ1) is 8.04. The standard InChI is InChI=1S/C10H16N2S/c13-10(11-8-2-3-8)12-6-7-1-4-9(12)5-7/h7-9H,1-6H2,(H,11,13). The molecular weight excluding hydrogens is 180 g/mol. The molecule has 1 N–H and O–H groups in total. The molecule has 1 aliphatic heterocycles. The fraction of sp³-hybridized carbons (Fsp3) is 0.900. The number of hydrogen-bond acceptors (Lipinski definition) is 1. The van der Waals surface area contributed by atoms with E-state index in [1.54, 1.807) is 0 Å². The van der Waals surface area contributed by atoms with E-state index < -0.39 is 0 Å². The van der Waals surface area contributed by atoms with Crippen LogP contribution in [0.5, 0.6) is 0 Å². The van der Waals surface area contributed by atoms with Gasteiger partial charge in [0.25, 0.3) is 0 Å². The quantitative estimate of drug-likeness (QED) is 0.640. The summed E-state index contributed by atoms with van der Waals surface area (Å²) in [4.78, 5) is 2.43. The first-order chi connectivity index (χ1) is 6.33. The highest BCUT2D eigenvalue weighted by molar-refractivity contribution is 7.80. The molecule has 1 heterocycles. The van der Waals surface area contributed by atoms with Crippen LogP contribution in [0.15, 0.2) is 0 Å². The van der Waals surface area contributed by atoms with Crippen LogP contribution in [-0.2, 0) is 0 Å². The molecule has 3 rings (SSSR count). The minimum atomic E-state index is 0.714. The van der Waals surface area contributed by atoms with Crippen molar-refractivity contribution >= 4 is 17.3 Å². The Morgan fingerprint density at radius 2 is 2.08 bits per heavy atom. The molecule has 3 aliphatic rings. The molecule has 0 spiro atoms. The van der Waals surface area contributed by atoms with E-state index in [1.165, 1.54) is 38.6 Å². The molecule has 0 aromatic carbocycles. The summed E-state index contributed by atoms with van der Waals surface area (Å²) in [6.45, 7) is 1.23. The average molecular weight is 196 g/mol. The van der Waals surface area contributed by atoms with Crippen molar-refractivity contribution in [1.82, 2.24) is 10.2 Å². The zero-order valence-corrected chi connectivity index (χ0v) is 8.65. The SMILES string of the molecule is S=C(NC1CC1)N1CC2CCC1C2. The summed E-state index contributed by atoms with van der Waals surface area (Å²) in [5.74, 6) is 0.948. The maximum absolute atomic E-state index is 5.41. The van der Waals surface area contributed by atoms with E-state index in [-0.39, 0.29) is 0 Å². The molecular formula is C10H16N2S.